The molecule has 1 fully saturated rings. The molecule has 0 spiro atoms. The number of unbranched alkanes of at least 4 members (excludes halogenated alkanes) is 3. The van der Waals surface area contributed by atoms with Crippen molar-refractivity contribution in [2.75, 3.05) is 0 Å². The zero-order valence-electron chi connectivity index (χ0n) is 22.7. The second kappa shape index (κ2) is 14.2. The first-order chi connectivity index (χ1) is 18.2. The van der Waals surface area contributed by atoms with Crippen LogP contribution in [0.1, 0.15) is 99.8 Å². The van der Waals surface area contributed by atoms with E-state index in [0.717, 1.165) is 40.3 Å². The molecule has 0 radical (unpaired) electrons. The lowest BCUT2D eigenvalue weighted by Crippen LogP contribution is -2.15. The number of allylic oxidation sites excluding steroid dienone is 1. The summed E-state index contributed by atoms with van der Waals surface area (Å²) in [6.07, 6.45) is 18.6. The average Bonchev–Trinajstić information content (AvgIpc) is 2.94. The fourth-order valence-corrected chi connectivity index (χ4v) is 5.80. The molecule has 0 atom stereocenters. The molecule has 0 heterocycles. The molecule has 0 saturated heterocycles. The van der Waals surface area contributed by atoms with Gasteiger partial charge in [-0.05, 0) is 78.3 Å². The highest BCUT2D eigenvalue weighted by atomic mass is 19.1. The SMILES string of the molecule is C=CCCc1ccc2cc(C#Cc3ccc(CCC4CCC(CCCCCC)CC4)cc3)ccc2c1F. The summed E-state index contributed by atoms with van der Waals surface area (Å²) < 4.78 is 14.8. The molecule has 1 aliphatic rings. The van der Waals surface area contributed by atoms with E-state index in [2.05, 4.69) is 49.6 Å². The summed E-state index contributed by atoms with van der Waals surface area (Å²) in [5, 5.41) is 1.56. The van der Waals surface area contributed by atoms with Crippen LogP contribution in [-0.4, -0.2) is 0 Å². The number of aryl methyl sites for hydroxylation is 2. The van der Waals surface area contributed by atoms with Gasteiger partial charge in [-0.25, -0.2) is 4.39 Å². The molecule has 1 saturated carbocycles. The van der Waals surface area contributed by atoms with Gasteiger partial charge in [-0.2, -0.15) is 0 Å². The first kappa shape index (κ1) is 27.2. The predicted molar refractivity (Wildman–Crippen MR) is 157 cm³/mol. The van der Waals surface area contributed by atoms with E-state index in [1.54, 1.807) is 0 Å². The summed E-state index contributed by atoms with van der Waals surface area (Å²) >= 11 is 0. The van der Waals surface area contributed by atoms with Crippen LogP contribution in [0.4, 0.5) is 4.39 Å². The molecule has 0 nitrogen and oxygen atoms in total. The van der Waals surface area contributed by atoms with Crippen molar-refractivity contribution >= 4 is 10.8 Å². The summed E-state index contributed by atoms with van der Waals surface area (Å²) in [5.41, 5.74) is 4.10. The molecule has 0 amide bonds. The number of halogens is 1. The van der Waals surface area contributed by atoms with Gasteiger partial charge in [0.25, 0.3) is 0 Å². The Hall–Kier alpha value is -2.85. The lowest BCUT2D eigenvalue weighted by Gasteiger charge is -2.28. The maximum Gasteiger partial charge on any atom is 0.134 e. The van der Waals surface area contributed by atoms with Crippen molar-refractivity contribution in [3.63, 3.8) is 0 Å². The van der Waals surface area contributed by atoms with E-state index in [9.17, 15) is 4.39 Å². The first-order valence-electron chi connectivity index (χ1n) is 14.6. The number of rotatable bonds is 11. The van der Waals surface area contributed by atoms with Gasteiger partial charge in [0.05, 0.1) is 0 Å². The van der Waals surface area contributed by atoms with Gasteiger partial charge in [-0.1, -0.05) is 113 Å². The van der Waals surface area contributed by atoms with E-state index in [0.29, 0.717) is 11.8 Å². The van der Waals surface area contributed by atoms with Crippen molar-refractivity contribution in [2.45, 2.75) is 90.4 Å². The van der Waals surface area contributed by atoms with E-state index < -0.39 is 0 Å². The Bertz CT molecular complexity index is 1200. The lowest BCUT2D eigenvalue weighted by atomic mass is 9.77. The van der Waals surface area contributed by atoms with Crippen molar-refractivity contribution in [1.82, 2.24) is 0 Å². The molecule has 0 aliphatic heterocycles. The van der Waals surface area contributed by atoms with Gasteiger partial charge in [0.2, 0.25) is 0 Å². The minimum Gasteiger partial charge on any atom is -0.206 e. The Kier molecular flexibility index (Phi) is 10.4. The number of hydrogen-bond acceptors (Lipinski definition) is 0. The fraction of sp³-hybridized carbons (Fsp3) is 0.444. The topological polar surface area (TPSA) is 0 Å². The van der Waals surface area contributed by atoms with Gasteiger partial charge >= 0.3 is 0 Å². The Balaban J connectivity index is 1.26. The average molecular weight is 495 g/mol. The molecule has 0 N–H and O–H groups in total. The van der Waals surface area contributed by atoms with Crippen LogP contribution in [0, 0.1) is 29.5 Å². The molecule has 37 heavy (non-hydrogen) atoms. The smallest absolute Gasteiger partial charge is 0.134 e. The number of hydrogen-bond donors (Lipinski definition) is 0. The summed E-state index contributed by atoms with van der Waals surface area (Å²) in [7, 11) is 0. The van der Waals surface area contributed by atoms with Crippen LogP contribution in [0.5, 0.6) is 0 Å². The summed E-state index contributed by atoms with van der Waals surface area (Å²) in [6.45, 7) is 6.03. The van der Waals surface area contributed by atoms with Gasteiger partial charge in [-0.3, -0.25) is 0 Å². The van der Waals surface area contributed by atoms with E-state index in [1.165, 1.54) is 76.2 Å². The standard InChI is InChI=1S/C36H43F/c1-3-5-7-8-9-28-11-13-29(14-12-28)15-16-30-17-19-31(20-18-30)21-22-32-23-26-35-34(27-32)25-24-33(36(35)37)10-6-4-2/h4,17-20,23-29H,2-3,5-16H2,1H3. The Morgan fingerprint density at radius 1 is 0.811 bits per heavy atom. The van der Waals surface area contributed by atoms with E-state index >= 15 is 0 Å². The predicted octanol–water partition coefficient (Wildman–Crippen LogP) is 10.2. The second-order valence-corrected chi connectivity index (χ2v) is 11.0. The van der Waals surface area contributed by atoms with Crippen LogP contribution in [0.25, 0.3) is 10.8 Å². The van der Waals surface area contributed by atoms with Gasteiger partial charge in [0.15, 0.2) is 0 Å². The second-order valence-electron chi connectivity index (χ2n) is 11.0. The highest BCUT2D eigenvalue weighted by Crippen LogP contribution is 2.34. The highest BCUT2D eigenvalue weighted by molar-refractivity contribution is 5.85. The van der Waals surface area contributed by atoms with Crippen molar-refractivity contribution < 1.29 is 4.39 Å². The molecular formula is C36H43F. The normalized spacial score (nSPS) is 17.4. The third kappa shape index (κ3) is 8.07. The molecule has 3 aromatic carbocycles. The Morgan fingerprint density at radius 3 is 2.24 bits per heavy atom. The van der Waals surface area contributed by atoms with Crippen LogP contribution in [0.15, 0.2) is 67.3 Å². The van der Waals surface area contributed by atoms with E-state index in [4.69, 9.17) is 0 Å². The van der Waals surface area contributed by atoms with Gasteiger partial charge in [0, 0.05) is 16.5 Å². The minimum atomic E-state index is -0.120. The molecule has 194 valence electrons. The van der Waals surface area contributed by atoms with Crippen molar-refractivity contribution in [1.29, 1.82) is 0 Å². The zero-order valence-corrected chi connectivity index (χ0v) is 22.7. The minimum absolute atomic E-state index is 0.120. The third-order valence-corrected chi connectivity index (χ3v) is 8.23. The van der Waals surface area contributed by atoms with Crippen molar-refractivity contribution in [3.8, 4) is 11.8 Å². The van der Waals surface area contributed by atoms with Gasteiger partial charge in [0.1, 0.15) is 5.82 Å². The largest absolute Gasteiger partial charge is 0.206 e. The summed E-state index contributed by atoms with van der Waals surface area (Å²) in [6, 6.07) is 18.4. The van der Waals surface area contributed by atoms with Crippen molar-refractivity contribution in [3.05, 3.63) is 95.3 Å². The quantitative estimate of drug-likeness (QED) is 0.141. The molecule has 0 aromatic heterocycles. The molecular weight excluding hydrogens is 451 g/mol. The van der Waals surface area contributed by atoms with Crippen LogP contribution < -0.4 is 0 Å². The number of fused-ring (bicyclic) bond motifs is 1. The van der Waals surface area contributed by atoms with Crippen molar-refractivity contribution in [2.24, 2.45) is 11.8 Å². The van der Waals surface area contributed by atoms with Gasteiger partial charge < -0.3 is 0 Å². The molecule has 4 rings (SSSR count). The Morgan fingerprint density at radius 2 is 1.51 bits per heavy atom. The molecule has 1 heteroatoms. The summed E-state index contributed by atoms with van der Waals surface area (Å²) in [5.74, 6) is 8.33. The molecule has 3 aromatic rings. The first-order valence-corrected chi connectivity index (χ1v) is 14.6. The monoisotopic (exact) mass is 494 g/mol. The third-order valence-electron chi connectivity index (χ3n) is 8.23. The molecule has 0 unspecified atom stereocenters. The van der Waals surface area contributed by atoms with E-state index in [1.807, 2.05) is 36.4 Å². The molecule has 1 aliphatic carbocycles. The maximum absolute atomic E-state index is 14.8. The highest BCUT2D eigenvalue weighted by Gasteiger charge is 2.20. The van der Waals surface area contributed by atoms with Crippen LogP contribution in [-0.2, 0) is 12.8 Å². The zero-order chi connectivity index (χ0) is 25.9. The lowest BCUT2D eigenvalue weighted by molar-refractivity contribution is 0.249. The fourth-order valence-electron chi connectivity index (χ4n) is 5.80. The van der Waals surface area contributed by atoms with Crippen LogP contribution >= 0.6 is 0 Å². The number of benzene rings is 3. The van der Waals surface area contributed by atoms with E-state index in [-0.39, 0.29) is 5.82 Å². The van der Waals surface area contributed by atoms with Gasteiger partial charge in [-0.15, -0.1) is 6.58 Å². The summed E-state index contributed by atoms with van der Waals surface area (Å²) in [4.78, 5) is 0. The Labute approximate surface area is 224 Å². The van der Waals surface area contributed by atoms with Crippen LogP contribution in [0.2, 0.25) is 0 Å². The molecule has 0 bridgehead atoms. The maximum atomic E-state index is 14.8. The van der Waals surface area contributed by atoms with Crippen LogP contribution in [0.3, 0.4) is 0 Å².